The number of aromatic nitrogens is 3. The van der Waals surface area contributed by atoms with E-state index in [9.17, 15) is 0 Å². The molecule has 64 heavy (non-hydrogen) atoms. The lowest BCUT2D eigenvalue weighted by atomic mass is 9.94. The Bertz CT molecular complexity index is 3620. The number of rotatable bonds is 8. The van der Waals surface area contributed by atoms with Crippen LogP contribution in [0.4, 0.5) is 17.1 Å². The molecule has 0 atom stereocenters. The quantitative estimate of drug-likeness (QED) is 0.153. The minimum absolute atomic E-state index is 0.599. The first-order chi connectivity index (χ1) is 31.7. The predicted molar refractivity (Wildman–Crippen MR) is 264 cm³/mol. The molecule has 0 unspecified atom stereocenters. The summed E-state index contributed by atoms with van der Waals surface area (Å²) in [5, 5.41) is 4.77. The van der Waals surface area contributed by atoms with E-state index in [-0.39, 0.29) is 0 Å². The van der Waals surface area contributed by atoms with Crippen LogP contribution in [0.25, 0.3) is 99.9 Å². The lowest BCUT2D eigenvalue weighted by Crippen LogP contribution is -2.09. The standard InChI is InChI=1S/C59H38N4O/c1-3-15-41(16-4-1)55-56(42-27-31-49(32-28-42)63(48-19-5-2-6-20-48)50-33-29-43(30-34-50)59-60-53-21-11-12-22-54(53)64-59)62-58-52(47-26-24-40-14-8-10-18-45(40)38-47)36-35-51(57(58)61-55)46-25-23-39-13-7-9-17-44(39)37-46/h1-38H. The maximum atomic E-state index is 6.11. The van der Waals surface area contributed by atoms with Crippen LogP contribution < -0.4 is 4.90 Å². The van der Waals surface area contributed by atoms with Gasteiger partial charge in [-0.05, 0) is 105 Å². The second-order valence-electron chi connectivity index (χ2n) is 16.0. The molecule has 0 bridgehead atoms. The van der Waals surface area contributed by atoms with E-state index in [2.05, 4.69) is 199 Å². The van der Waals surface area contributed by atoms with Crippen molar-refractivity contribution in [3.8, 4) is 56.2 Å². The van der Waals surface area contributed by atoms with Crippen molar-refractivity contribution in [1.82, 2.24) is 15.0 Å². The maximum absolute atomic E-state index is 6.11. The molecule has 5 heteroatoms. The molecule has 0 N–H and O–H groups in total. The van der Waals surface area contributed by atoms with E-state index in [1.165, 1.54) is 21.5 Å². The first-order valence-corrected chi connectivity index (χ1v) is 21.5. The van der Waals surface area contributed by atoms with Gasteiger partial charge in [0.25, 0.3) is 0 Å². The Hall–Kier alpha value is -8.67. The third kappa shape index (κ3) is 6.73. The Morgan fingerprint density at radius 2 is 0.750 bits per heavy atom. The summed E-state index contributed by atoms with van der Waals surface area (Å²) in [5.41, 5.74) is 15.2. The van der Waals surface area contributed by atoms with Crippen molar-refractivity contribution in [2.24, 2.45) is 0 Å². The van der Waals surface area contributed by atoms with Gasteiger partial charge in [-0.15, -0.1) is 0 Å². The van der Waals surface area contributed by atoms with Gasteiger partial charge in [0, 0.05) is 44.9 Å². The summed E-state index contributed by atoms with van der Waals surface area (Å²) >= 11 is 0. The van der Waals surface area contributed by atoms with E-state index in [1.807, 2.05) is 36.4 Å². The van der Waals surface area contributed by atoms with E-state index in [0.717, 1.165) is 89.5 Å². The van der Waals surface area contributed by atoms with E-state index >= 15 is 0 Å². The first kappa shape index (κ1) is 37.1. The molecule has 300 valence electrons. The zero-order valence-electron chi connectivity index (χ0n) is 34.6. The van der Waals surface area contributed by atoms with E-state index in [4.69, 9.17) is 19.4 Å². The highest BCUT2D eigenvalue weighted by Crippen LogP contribution is 2.42. The highest BCUT2D eigenvalue weighted by molar-refractivity contribution is 6.05. The number of oxazole rings is 1. The van der Waals surface area contributed by atoms with Crippen LogP contribution in [0, 0.1) is 0 Å². The first-order valence-electron chi connectivity index (χ1n) is 21.5. The topological polar surface area (TPSA) is 55.1 Å². The van der Waals surface area contributed by atoms with Gasteiger partial charge < -0.3 is 9.32 Å². The Labute approximate surface area is 370 Å². The molecule has 2 heterocycles. The smallest absolute Gasteiger partial charge is 0.227 e. The van der Waals surface area contributed by atoms with Crippen LogP contribution in [0.3, 0.4) is 0 Å². The van der Waals surface area contributed by atoms with E-state index in [1.54, 1.807) is 0 Å². The normalized spacial score (nSPS) is 11.4. The largest absolute Gasteiger partial charge is 0.436 e. The van der Waals surface area contributed by atoms with Crippen LogP contribution in [0.1, 0.15) is 0 Å². The molecule has 5 nitrogen and oxygen atoms in total. The lowest BCUT2D eigenvalue weighted by Gasteiger charge is -2.26. The number of fused-ring (bicyclic) bond motifs is 4. The minimum Gasteiger partial charge on any atom is -0.436 e. The summed E-state index contributed by atoms with van der Waals surface area (Å²) in [6.45, 7) is 0. The molecule has 0 aliphatic heterocycles. The van der Waals surface area contributed by atoms with Crippen LogP contribution >= 0.6 is 0 Å². The van der Waals surface area contributed by atoms with E-state index < -0.39 is 0 Å². The molecule has 0 saturated carbocycles. The fraction of sp³-hybridized carbons (Fsp3) is 0. The van der Waals surface area contributed by atoms with Crippen molar-refractivity contribution >= 4 is 60.7 Å². The monoisotopic (exact) mass is 818 g/mol. The Morgan fingerprint density at radius 3 is 1.31 bits per heavy atom. The van der Waals surface area contributed by atoms with Gasteiger partial charge in [0.1, 0.15) is 5.52 Å². The lowest BCUT2D eigenvalue weighted by molar-refractivity contribution is 0.620. The van der Waals surface area contributed by atoms with Gasteiger partial charge in [0.2, 0.25) is 5.89 Å². The predicted octanol–water partition coefficient (Wildman–Crippen LogP) is 15.9. The van der Waals surface area contributed by atoms with Crippen molar-refractivity contribution < 1.29 is 4.42 Å². The van der Waals surface area contributed by atoms with Crippen LogP contribution in [-0.4, -0.2) is 15.0 Å². The zero-order valence-corrected chi connectivity index (χ0v) is 34.6. The summed E-state index contributed by atoms with van der Waals surface area (Å²) in [5.74, 6) is 0.599. The highest BCUT2D eigenvalue weighted by atomic mass is 16.3. The van der Waals surface area contributed by atoms with Gasteiger partial charge in [-0.2, -0.15) is 0 Å². The fourth-order valence-corrected chi connectivity index (χ4v) is 8.86. The Balaban J connectivity index is 1.02. The molecule has 10 aromatic carbocycles. The van der Waals surface area contributed by atoms with Crippen molar-refractivity contribution in [3.63, 3.8) is 0 Å². The minimum atomic E-state index is 0.599. The molecule has 0 radical (unpaired) electrons. The number of hydrogen-bond donors (Lipinski definition) is 0. The van der Waals surface area contributed by atoms with Gasteiger partial charge in [0.05, 0.1) is 22.4 Å². The van der Waals surface area contributed by atoms with Gasteiger partial charge in [-0.1, -0.05) is 158 Å². The molecule has 0 aliphatic rings. The van der Waals surface area contributed by atoms with Gasteiger partial charge in [-0.25, -0.2) is 15.0 Å². The zero-order chi connectivity index (χ0) is 42.4. The summed E-state index contributed by atoms with van der Waals surface area (Å²) in [4.78, 5) is 18.3. The van der Waals surface area contributed by atoms with Crippen LogP contribution in [-0.2, 0) is 0 Å². The molecule has 12 aromatic rings. The molecular weight excluding hydrogens is 781 g/mol. The molecular formula is C59H38N4O. The Kier molecular flexibility index (Phi) is 9.08. The van der Waals surface area contributed by atoms with Gasteiger partial charge in [-0.3, -0.25) is 0 Å². The number of hydrogen-bond acceptors (Lipinski definition) is 5. The van der Waals surface area contributed by atoms with Crippen molar-refractivity contribution in [3.05, 3.63) is 231 Å². The summed E-state index contributed by atoms with van der Waals surface area (Å²) in [6, 6.07) is 80.5. The molecule has 0 amide bonds. The number of nitrogens with zero attached hydrogens (tertiary/aromatic N) is 4. The summed E-state index contributed by atoms with van der Waals surface area (Å²) in [7, 11) is 0. The third-order valence-corrected chi connectivity index (χ3v) is 12.1. The van der Waals surface area contributed by atoms with E-state index in [0.29, 0.717) is 5.89 Å². The van der Waals surface area contributed by atoms with Crippen molar-refractivity contribution in [2.75, 3.05) is 4.90 Å². The SMILES string of the molecule is c1ccc(-c2nc3c(-c4ccc5ccccc5c4)ccc(-c4ccc5ccccc5c4)c3nc2-c2ccc(N(c3ccccc3)c3ccc(-c4nc5ccccc5o4)cc3)cc2)cc1. The molecule has 0 spiro atoms. The second kappa shape index (κ2) is 15.7. The third-order valence-electron chi connectivity index (χ3n) is 12.1. The molecule has 2 aromatic heterocycles. The summed E-state index contributed by atoms with van der Waals surface area (Å²) < 4.78 is 6.11. The number of anilines is 3. The van der Waals surface area contributed by atoms with Crippen LogP contribution in [0.5, 0.6) is 0 Å². The second-order valence-corrected chi connectivity index (χ2v) is 16.0. The van der Waals surface area contributed by atoms with Crippen LogP contribution in [0.2, 0.25) is 0 Å². The van der Waals surface area contributed by atoms with Crippen molar-refractivity contribution in [2.45, 2.75) is 0 Å². The summed E-state index contributed by atoms with van der Waals surface area (Å²) in [6.07, 6.45) is 0. The fourth-order valence-electron chi connectivity index (χ4n) is 8.86. The maximum Gasteiger partial charge on any atom is 0.227 e. The van der Waals surface area contributed by atoms with Crippen molar-refractivity contribution in [1.29, 1.82) is 0 Å². The average Bonchev–Trinajstić information content (AvgIpc) is 3.81. The van der Waals surface area contributed by atoms with Gasteiger partial charge >= 0.3 is 0 Å². The average molecular weight is 819 g/mol. The molecule has 0 aliphatic carbocycles. The Morgan fingerprint density at radius 1 is 0.312 bits per heavy atom. The number of benzene rings is 10. The van der Waals surface area contributed by atoms with Gasteiger partial charge in [0.15, 0.2) is 5.58 Å². The molecule has 0 fully saturated rings. The number of para-hydroxylation sites is 3. The highest BCUT2D eigenvalue weighted by Gasteiger charge is 2.21. The van der Waals surface area contributed by atoms with Crippen LogP contribution in [0.15, 0.2) is 235 Å². The molecule has 12 rings (SSSR count). The molecule has 0 saturated heterocycles.